The Morgan fingerprint density at radius 3 is 2.26 bits per heavy atom. The molecule has 0 saturated carbocycles. The number of carboxylic acid groups (broad SMARTS) is 1. The zero-order valence-corrected chi connectivity index (χ0v) is 27.8. The maximum atomic E-state index is 13.1. The Hall–Kier alpha value is -2.40. The fourth-order valence-corrected chi connectivity index (χ4v) is 4.44. The summed E-state index contributed by atoms with van der Waals surface area (Å²) in [6.07, 6.45) is 3.58. The van der Waals surface area contributed by atoms with Crippen LogP contribution in [0.1, 0.15) is 11.3 Å². The molecule has 3 aromatic rings. The molecule has 0 unspecified atom stereocenters. The molecule has 0 atom stereocenters. The number of anilines is 1. The quantitative estimate of drug-likeness (QED) is 0.0440. The van der Waals surface area contributed by atoms with Crippen molar-refractivity contribution in [2.75, 3.05) is 5.01 Å². The van der Waals surface area contributed by atoms with Crippen LogP contribution in [0.3, 0.4) is 0 Å². The van der Waals surface area contributed by atoms with Crippen LogP contribution >= 0.6 is 12.0 Å². The summed E-state index contributed by atoms with van der Waals surface area (Å²) in [7, 11) is -4.71. The molecule has 214 valence electrons. The number of hydrogen-bond acceptors (Lipinski definition) is 13. The van der Waals surface area contributed by atoms with Crippen molar-refractivity contribution in [2.45, 2.75) is 16.4 Å². The molecule has 2 aromatic carbocycles. The number of carbonyl (C=O) groups excluding carboxylic acids is 1. The zero-order valence-electron chi connectivity index (χ0n) is 22.2. The third-order valence-corrected chi connectivity index (χ3v) is 6.88. The van der Waals surface area contributed by atoms with Gasteiger partial charge in [-0.2, -0.15) is 14.4 Å². The van der Waals surface area contributed by atoms with E-state index in [-0.39, 0.29) is 87.3 Å². The van der Waals surface area contributed by atoms with Crippen LogP contribution in [0, 0.1) is 0 Å². The van der Waals surface area contributed by atoms with Crippen molar-refractivity contribution in [1.82, 2.24) is 9.78 Å². The molecule has 0 saturated heterocycles. The van der Waals surface area contributed by atoms with Gasteiger partial charge in [-0.1, -0.05) is 6.08 Å². The number of hydrazone groups is 1. The molecule has 16 nitrogen and oxygen atoms in total. The van der Waals surface area contributed by atoms with Crippen LogP contribution in [0.15, 0.2) is 85.9 Å². The SMILES string of the molecule is O=C(O)C1=NN(c2ccc(SOO[O-])cc2)C(=O)/C1=C\C=C\c1c(COO)[nH]n(-c2ccc(S(=O)(=O)[O-])cc2)c1=O.[Na+].[Na+]. The van der Waals surface area contributed by atoms with Gasteiger partial charge in [-0.25, -0.2) is 22.8 Å². The standard InChI is InChI=1S/C23H18N4O12S2.2Na/c28-21-17(19(12-37-32)24-26(21)14-6-10-16(11-7-14)41(34,35)36)2-1-3-18-20(23(30)31)25-27(22(18)29)13-4-8-15(9-5-13)40-39-38-33;;/h1-11,24,32-33H,12H2,(H,30,31)(H,34,35,36);;/q;2*+1/p-2/b2-1+,18-3-;;. The van der Waals surface area contributed by atoms with Crippen molar-refractivity contribution >= 4 is 51.5 Å². The Labute approximate surface area is 290 Å². The molecule has 0 spiro atoms. The number of amides is 1. The van der Waals surface area contributed by atoms with Crippen LogP contribution in [0.5, 0.6) is 0 Å². The van der Waals surface area contributed by atoms with Gasteiger partial charge in [0.05, 0.1) is 45.1 Å². The molecule has 0 aliphatic carbocycles. The summed E-state index contributed by atoms with van der Waals surface area (Å²) >= 11 is 0.615. The Bertz CT molecular complexity index is 1730. The smallest absolute Gasteiger partial charge is 0.744 e. The van der Waals surface area contributed by atoms with Gasteiger partial charge in [0.15, 0.2) is 5.71 Å². The van der Waals surface area contributed by atoms with Gasteiger partial charge in [-0.05, 0) is 60.7 Å². The van der Waals surface area contributed by atoms with Crippen molar-refractivity contribution in [3.63, 3.8) is 0 Å². The van der Waals surface area contributed by atoms with E-state index in [2.05, 4.69) is 24.5 Å². The van der Waals surface area contributed by atoms with Gasteiger partial charge < -0.3 is 14.9 Å². The summed E-state index contributed by atoms with van der Waals surface area (Å²) in [4.78, 5) is 41.9. The third-order valence-electron chi connectivity index (χ3n) is 5.44. The summed E-state index contributed by atoms with van der Waals surface area (Å²) in [5.74, 6) is -2.28. The second-order valence-corrected chi connectivity index (χ2v) is 10.0. The first-order valence-electron chi connectivity index (χ1n) is 11.0. The van der Waals surface area contributed by atoms with Crippen LogP contribution in [0.2, 0.25) is 0 Å². The van der Waals surface area contributed by atoms with E-state index in [1.54, 1.807) is 0 Å². The molecule has 1 aliphatic rings. The first-order valence-corrected chi connectivity index (χ1v) is 13.1. The number of hydrogen-bond donors (Lipinski definition) is 3. The largest absolute Gasteiger partial charge is 1.00 e. The van der Waals surface area contributed by atoms with E-state index in [0.717, 1.165) is 27.9 Å². The minimum absolute atomic E-state index is 0. The van der Waals surface area contributed by atoms with E-state index in [1.165, 1.54) is 48.6 Å². The summed E-state index contributed by atoms with van der Waals surface area (Å²) < 4.78 is 38.7. The minimum atomic E-state index is -4.71. The van der Waals surface area contributed by atoms with Crippen LogP contribution in [-0.4, -0.2) is 50.7 Å². The molecular weight excluding hydrogens is 634 g/mol. The molecular formula is C23H16N4Na2O12S2. The Balaban J connectivity index is 0.00000323. The van der Waals surface area contributed by atoms with E-state index in [0.29, 0.717) is 16.9 Å². The summed E-state index contributed by atoms with van der Waals surface area (Å²) in [6.45, 7) is -0.472. The topological polar surface area (TPSA) is 236 Å². The van der Waals surface area contributed by atoms with Crippen LogP contribution in [-0.2, 0) is 40.6 Å². The fraction of sp³-hybridized carbons (Fsp3) is 0.0435. The number of nitrogens with zero attached hydrogens (tertiary/aromatic N) is 3. The Morgan fingerprint density at radius 2 is 1.70 bits per heavy atom. The number of aliphatic carboxylic acids is 1. The van der Waals surface area contributed by atoms with E-state index < -0.39 is 44.8 Å². The minimum Gasteiger partial charge on any atom is -0.744 e. The normalized spacial score (nSPS) is 14.1. The molecule has 4 rings (SSSR count). The molecule has 43 heavy (non-hydrogen) atoms. The molecule has 1 aliphatic heterocycles. The van der Waals surface area contributed by atoms with E-state index in [9.17, 15) is 37.7 Å². The van der Waals surface area contributed by atoms with Crippen molar-refractivity contribution < 1.29 is 112 Å². The third kappa shape index (κ3) is 8.62. The van der Waals surface area contributed by atoms with Crippen molar-refractivity contribution in [3.8, 4) is 5.69 Å². The van der Waals surface area contributed by atoms with E-state index >= 15 is 0 Å². The van der Waals surface area contributed by atoms with Gasteiger partial charge in [-0.15, -0.1) is 0 Å². The molecule has 1 amide bonds. The number of rotatable bonds is 11. The summed E-state index contributed by atoms with van der Waals surface area (Å²) in [5, 5.41) is 39.1. The maximum Gasteiger partial charge on any atom is 1.00 e. The predicted molar refractivity (Wildman–Crippen MR) is 136 cm³/mol. The number of aromatic amines is 1. The number of allylic oxidation sites excluding steroid dienone is 2. The molecule has 0 radical (unpaired) electrons. The average molecular weight is 651 g/mol. The van der Waals surface area contributed by atoms with Gasteiger partial charge in [0.1, 0.15) is 16.7 Å². The fourth-order valence-electron chi connectivity index (χ4n) is 3.62. The molecule has 1 aromatic heterocycles. The average Bonchev–Trinajstić information content (AvgIpc) is 3.44. The number of aromatic nitrogens is 2. The molecule has 2 heterocycles. The number of carbonyl (C=O) groups is 2. The second kappa shape index (κ2) is 16.1. The van der Waals surface area contributed by atoms with Gasteiger partial charge in [0.2, 0.25) is 0 Å². The van der Waals surface area contributed by atoms with E-state index in [4.69, 9.17) is 5.26 Å². The number of benzene rings is 2. The maximum absolute atomic E-state index is 13.1. The van der Waals surface area contributed by atoms with Crippen molar-refractivity contribution in [3.05, 3.63) is 87.9 Å². The molecule has 3 N–H and O–H groups in total. The predicted octanol–water partition coefficient (Wildman–Crippen LogP) is -5.28. The number of carboxylic acids is 1. The van der Waals surface area contributed by atoms with E-state index in [1.807, 2.05) is 0 Å². The summed E-state index contributed by atoms with van der Waals surface area (Å²) in [6, 6.07) is 10.2. The van der Waals surface area contributed by atoms with Gasteiger partial charge in [-0.3, -0.25) is 25.0 Å². The van der Waals surface area contributed by atoms with Gasteiger partial charge >= 0.3 is 65.1 Å². The van der Waals surface area contributed by atoms with Crippen molar-refractivity contribution in [2.24, 2.45) is 5.10 Å². The Morgan fingerprint density at radius 1 is 1.07 bits per heavy atom. The van der Waals surface area contributed by atoms with Crippen LogP contribution < -0.4 is 74.9 Å². The first kappa shape index (κ1) is 36.8. The van der Waals surface area contributed by atoms with Crippen molar-refractivity contribution in [1.29, 1.82) is 0 Å². The second-order valence-electron chi connectivity index (χ2n) is 7.89. The zero-order chi connectivity index (χ0) is 29.7. The number of nitrogens with one attached hydrogen (secondary N) is 1. The monoisotopic (exact) mass is 650 g/mol. The molecule has 0 fully saturated rings. The van der Waals surface area contributed by atoms with Gasteiger partial charge in [0.25, 0.3) is 11.5 Å². The summed E-state index contributed by atoms with van der Waals surface area (Å²) in [5.41, 5.74) is -1.17. The van der Waals surface area contributed by atoms with Gasteiger partial charge in [0, 0.05) is 4.90 Å². The number of H-pyrrole nitrogens is 1. The first-order chi connectivity index (χ1) is 19.5. The molecule has 0 bridgehead atoms. The Kier molecular flexibility index (Phi) is 13.7. The van der Waals surface area contributed by atoms with Crippen LogP contribution in [0.4, 0.5) is 5.69 Å². The molecule has 20 heteroatoms. The van der Waals surface area contributed by atoms with Crippen LogP contribution in [0.25, 0.3) is 11.8 Å².